The number of likely N-dealkylation sites (N-methyl/N-ethyl adjacent to an activating group) is 1. The number of carbonyl (C=O) groups is 2. The number of halogens is 1. The average molecular weight is 300 g/mol. The Hall–Kier alpha value is -2.22. The molecule has 6 nitrogen and oxygen atoms in total. The fourth-order valence-electron chi connectivity index (χ4n) is 1.23. The van der Waals surface area contributed by atoms with Crippen molar-refractivity contribution >= 4 is 29.3 Å². The molecule has 20 heavy (non-hydrogen) atoms. The second-order valence-corrected chi connectivity index (χ2v) is 4.22. The third kappa shape index (κ3) is 3.89. The Morgan fingerprint density at radius 2 is 2.15 bits per heavy atom. The maximum atomic E-state index is 13.8. The van der Waals surface area contributed by atoms with Crippen molar-refractivity contribution in [3.63, 3.8) is 0 Å². The van der Waals surface area contributed by atoms with E-state index < -0.39 is 17.7 Å². The van der Waals surface area contributed by atoms with Crippen LogP contribution in [-0.2, 0) is 19.1 Å². The molecule has 0 aromatic carbocycles. The molecule has 108 valence electrons. The quantitative estimate of drug-likeness (QED) is 0.469. The minimum atomic E-state index is -1.05. The van der Waals surface area contributed by atoms with Crippen molar-refractivity contribution in [3.05, 3.63) is 34.4 Å². The van der Waals surface area contributed by atoms with Gasteiger partial charge in [-0.1, -0.05) is 0 Å². The molecule has 0 unspecified atom stereocenters. The first-order chi connectivity index (χ1) is 9.51. The molecule has 1 rings (SSSR count). The second-order valence-electron chi connectivity index (χ2n) is 3.50. The molecule has 1 heterocycles. The fourth-order valence-corrected chi connectivity index (χ4v) is 1.75. The molecule has 0 atom stereocenters. The van der Waals surface area contributed by atoms with Gasteiger partial charge in [-0.25, -0.2) is 14.2 Å². The minimum absolute atomic E-state index is 0.221. The first kappa shape index (κ1) is 15.8. The van der Waals surface area contributed by atoms with Crippen molar-refractivity contribution in [2.24, 2.45) is 0 Å². The first-order valence-corrected chi connectivity index (χ1v) is 6.30. The van der Waals surface area contributed by atoms with Gasteiger partial charge in [0.1, 0.15) is 6.26 Å². The molecule has 0 aliphatic carbocycles. The summed E-state index contributed by atoms with van der Waals surface area (Å²) >= 11 is 1.27. The van der Waals surface area contributed by atoms with Crippen LogP contribution in [0.4, 0.5) is 4.39 Å². The zero-order chi connectivity index (χ0) is 15.1. The average Bonchev–Trinajstić information content (AvgIpc) is 2.95. The molecule has 1 aromatic rings. The molecule has 0 saturated carbocycles. The van der Waals surface area contributed by atoms with E-state index in [0.29, 0.717) is 5.69 Å². The molecule has 0 aliphatic heterocycles. The molecule has 0 spiro atoms. The van der Waals surface area contributed by atoms with Gasteiger partial charge >= 0.3 is 5.97 Å². The summed E-state index contributed by atoms with van der Waals surface area (Å²) in [6.45, 7) is 0. The summed E-state index contributed by atoms with van der Waals surface area (Å²) in [5, 5.41) is 1.58. The molecule has 0 radical (unpaired) electrons. The van der Waals surface area contributed by atoms with Crippen LogP contribution >= 0.6 is 11.3 Å². The highest BCUT2D eigenvalue weighted by Gasteiger charge is 2.24. The Morgan fingerprint density at radius 3 is 2.65 bits per heavy atom. The molecular weight excluding hydrogens is 287 g/mol. The van der Waals surface area contributed by atoms with Crippen LogP contribution in [0.5, 0.6) is 0 Å². The number of thiazole rings is 1. The van der Waals surface area contributed by atoms with Crippen LogP contribution in [0.2, 0.25) is 0 Å². The van der Waals surface area contributed by atoms with Gasteiger partial charge in [-0.2, -0.15) is 0 Å². The highest BCUT2D eigenvalue weighted by atomic mass is 32.1. The largest absolute Gasteiger partial charge is 0.502 e. The lowest BCUT2D eigenvalue weighted by Gasteiger charge is -2.17. The van der Waals surface area contributed by atoms with E-state index in [4.69, 9.17) is 0 Å². The lowest BCUT2D eigenvalue weighted by Crippen LogP contribution is -2.31. The lowest BCUT2D eigenvalue weighted by atomic mass is 10.3. The van der Waals surface area contributed by atoms with Crippen molar-refractivity contribution in [1.82, 2.24) is 9.88 Å². The Bertz CT molecular complexity index is 540. The van der Waals surface area contributed by atoms with Crippen molar-refractivity contribution in [2.45, 2.75) is 0 Å². The van der Waals surface area contributed by atoms with Crippen LogP contribution in [0.25, 0.3) is 6.08 Å². The highest BCUT2D eigenvalue weighted by molar-refractivity contribution is 7.07. The predicted molar refractivity (Wildman–Crippen MR) is 71.1 cm³/mol. The maximum absolute atomic E-state index is 13.8. The van der Waals surface area contributed by atoms with E-state index in [2.05, 4.69) is 14.5 Å². The minimum Gasteiger partial charge on any atom is -0.502 e. The third-order valence-corrected chi connectivity index (χ3v) is 2.83. The molecule has 0 aliphatic rings. The summed E-state index contributed by atoms with van der Waals surface area (Å²) in [6, 6.07) is 0. The van der Waals surface area contributed by atoms with Crippen molar-refractivity contribution < 1.29 is 23.5 Å². The highest BCUT2D eigenvalue weighted by Crippen LogP contribution is 2.14. The molecule has 0 fully saturated rings. The van der Waals surface area contributed by atoms with E-state index >= 15 is 0 Å². The molecular formula is C12H13FN2O4S. The number of hydrogen-bond donors (Lipinski definition) is 0. The van der Waals surface area contributed by atoms with Crippen LogP contribution < -0.4 is 0 Å². The van der Waals surface area contributed by atoms with Crippen LogP contribution in [0.3, 0.4) is 0 Å². The third-order valence-electron chi connectivity index (χ3n) is 2.22. The van der Waals surface area contributed by atoms with Crippen LogP contribution in [0, 0.1) is 0 Å². The SMILES string of the molecule is CO/C=C(/C(=O)OC)N(C)C(=O)/C(F)=C/c1cscn1. The normalized spacial score (nSPS) is 12.0. The Labute approximate surface area is 119 Å². The van der Waals surface area contributed by atoms with E-state index in [1.165, 1.54) is 31.0 Å². The molecule has 0 saturated heterocycles. The smallest absolute Gasteiger partial charge is 0.358 e. The molecule has 0 bridgehead atoms. The molecule has 1 amide bonds. The van der Waals surface area contributed by atoms with Crippen LogP contribution in [0.1, 0.15) is 5.69 Å². The Balaban J connectivity index is 2.94. The zero-order valence-electron chi connectivity index (χ0n) is 11.1. The van der Waals surface area contributed by atoms with E-state index in [1.807, 2.05) is 0 Å². The number of rotatable bonds is 5. The van der Waals surface area contributed by atoms with Gasteiger partial charge in [0.2, 0.25) is 0 Å². The van der Waals surface area contributed by atoms with Gasteiger partial charge in [-0.05, 0) is 0 Å². The summed E-state index contributed by atoms with van der Waals surface area (Å²) in [7, 11) is 3.67. The van der Waals surface area contributed by atoms with E-state index in [9.17, 15) is 14.0 Å². The number of methoxy groups -OCH3 is 2. The topological polar surface area (TPSA) is 68.7 Å². The van der Waals surface area contributed by atoms with Crippen molar-refractivity contribution in [1.29, 1.82) is 0 Å². The van der Waals surface area contributed by atoms with E-state index in [0.717, 1.165) is 24.3 Å². The van der Waals surface area contributed by atoms with Crippen molar-refractivity contribution in [2.75, 3.05) is 21.3 Å². The number of esters is 1. The van der Waals surface area contributed by atoms with Gasteiger partial charge in [-0.15, -0.1) is 11.3 Å². The number of aromatic nitrogens is 1. The zero-order valence-corrected chi connectivity index (χ0v) is 11.9. The summed E-state index contributed by atoms with van der Waals surface area (Å²) in [6.07, 6.45) is 1.98. The number of ether oxygens (including phenoxy) is 2. The number of nitrogens with zero attached hydrogens (tertiary/aromatic N) is 2. The number of carbonyl (C=O) groups excluding carboxylic acids is 2. The monoisotopic (exact) mass is 300 g/mol. The molecule has 1 aromatic heterocycles. The summed E-state index contributed by atoms with van der Waals surface area (Å²) < 4.78 is 23.0. The Morgan fingerprint density at radius 1 is 1.45 bits per heavy atom. The van der Waals surface area contributed by atoms with Crippen LogP contribution in [-0.4, -0.2) is 43.0 Å². The van der Waals surface area contributed by atoms with Crippen molar-refractivity contribution in [3.8, 4) is 0 Å². The second kappa shape index (κ2) is 7.39. The van der Waals surface area contributed by atoms with Gasteiger partial charge in [-0.3, -0.25) is 4.79 Å². The summed E-state index contributed by atoms with van der Waals surface area (Å²) in [5.74, 6) is -2.87. The van der Waals surface area contributed by atoms with Gasteiger partial charge in [0, 0.05) is 18.5 Å². The fraction of sp³-hybridized carbons (Fsp3) is 0.250. The molecule has 0 N–H and O–H groups in total. The summed E-state index contributed by atoms with van der Waals surface area (Å²) in [5.41, 5.74) is 1.62. The van der Waals surface area contributed by atoms with Crippen LogP contribution in [0.15, 0.2) is 28.7 Å². The summed E-state index contributed by atoms with van der Waals surface area (Å²) in [4.78, 5) is 28.0. The first-order valence-electron chi connectivity index (χ1n) is 5.36. The number of hydrogen-bond acceptors (Lipinski definition) is 6. The lowest BCUT2D eigenvalue weighted by molar-refractivity contribution is -0.141. The van der Waals surface area contributed by atoms with E-state index in [-0.39, 0.29) is 5.70 Å². The van der Waals surface area contributed by atoms with Gasteiger partial charge in [0.25, 0.3) is 5.91 Å². The van der Waals surface area contributed by atoms with E-state index in [1.54, 1.807) is 5.38 Å². The molecule has 8 heteroatoms. The van der Waals surface area contributed by atoms with Gasteiger partial charge in [0.15, 0.2) is 11.5 Å². The van der Waals surface area contributed by atoms with Gasteiger partial charge in [0.05, 0.1) is 25.4 Å². The Kier molecular flexibility index (Phi) is 5.85. The van der Waals surface area contributed by atoms with Gasteiger partial charge < -0.3 is 14.4 Å². The number of amides is 1. The maximum Gasteiger partial charge on any atom is 0.358 e. The predicted octanol–water partition coefficient (Wildman–Crippen LogP) is 1.57. The standard InChI is InChI=1S/C12H13FN2O4S/c1-15(10(5-18-2)12(17)19-3)11(16)9(13)4-8-6-20-7-14-8/h4-7H,1-3H3/b9-4-,10-5-.